The lowest BCUT2D eigenvalue weighted by Gasteiger charge is -2.10. The van der Waals surface area contributed by atoms with Gasteiger partial charge in [-0.25, -0.2) is 0 Å². The van der Waals surface area contributed by atoms with Crippen molar-refractivity contribution in [2.45, 2.75) is 18.1 Å². The van der Waals surface area contributed by atoms with Gasteiger partial charge in [0, 0.05) is 12.7 Å². The fraction of sp³-hybridized carbons (Fsp3) is 0.200. The van der Waals surface area contributed by atoms with Gasteiger partial charge in [0.05, 0.1) is 22.5 Å². The highest BCUT2D eigenvalue weighted by atomic mass is 32.2. The van der Waals surface area contributed by atoms with E-state index in [0.717, 1.165) is 45.4 Å². The Balaban J connectivity index is 1.36. The monoisotopic (exact) mass is 495 g/mol. The first-order chi connectivity index (χ1) is 15.7. The smallest absolute Gasteiger partial charge is 0.406 e. The zero-order valence-corrected chi connectivity index (χ0v) is 18.6. The first-order valence-electron chi connectivity index (χ1n) is 9.45. The predicted octanol–water partition coefficient (Wildman–Crippen LogP) is 3.87. The van der Waals surface area contributed by atoms with Crippen molar-refractivity contribution >= 4 is 44.9 Å². The SMILES string of the molecule is Cn1c(Cn2c(=O)sc3ccccc32)nnc1SCC(=O)Nc1ccc(OC(F)(F)F)cc1. The number of aromatic nitrogens is 4. The molecular weight excluding hydrogens is 479 g/mol. The molecule has 0 bridgehead atoms. The Morgan fingerprint density at radius 3 is 2.61 bits per heavy atom. The molecule has 0 radical (unpaired) electrons. The molecule has 0 fully saturated rings. The van der Waals surface area contributed by atoms with Crippen LogP contribution in [0.25, 0.3) is 10.2 Å². The first-order valence-corrected chi connectivity index (χ1v) is 11.2. The average Bonchev–Trinajstić information content (AvgIpc) is 3.26. The maximum Gasteiger partial charge on any atom is 0.573 e. The van der Waals surface area contributed by atoms with E-state index in [4.69, 9.17) is 0 Å². The molecule has 0 aliphatic rings. The number of ether oxygens (including phenoxy) is 1. The van der Waals surface area contributed by atoms with E-state index in [-0.39, 0.29) is 28.8 Å². The molecule has 0 unspecified atom stereocenters. The van der Waals surface area contributed by atoms with Gasteiger partial charge >= 0.3 is 11.2 Å². The summed E-state index contributed by atoms with van der Waals surface area (Å²) in [6.45, 7) is 0.242. The highest BCUT2D eigenvalue weighted by molar-refractivity contribution is 7.99. The number of nitrogens with one attached hydrogen (secondary N) is 1. The summed E-state index contributed by atoms with van der Waals surface area (Å²) in [5, 5.41) is 11.3. The van der Waals surface area contributed by atoms with Crippen LogP contribution in [0.1, 0.15) is 5.82 Å². The highest BCUT2D eigenvalue weighted by Gasteiger charge is 2.31. The Labute approximate surface area is 193 Å². The van der Waals surface area contributed by atoms with Crippen LogP contribution in [-0.4, -0.2) is 37.4 Å². The maximum atomic E-state index is 12.3. The number of halogens is 3. The van der Waals surface area contributed by atoms with E-state index in [0.29, 0.717) is 16.7 Å². The molecule has 0 spiro atoms. The quantitative estimate of drug-likeness (QED) is 0.392. The number of nitrogens with zero attached hydrogens (tertiary/aromatic N) is 4. The topological polar surface area (TPSA) is 91.0 Å². The van der Waals surface area contributed by atoms with Gasteiger partial charge < -0.3 is 14.6 Å². The highest BCUT2D eigenvalue weighted by Crippen LogP contribution is 2.24. The molecule has 1 amide bonds. The molecular formula is C20H16F3N5O3S2. The zero-order chi connectivity index (χ0) is 23.6. The molecule has 13 heteroatoms. The molecule has 1 N–H and O–H groups in total. The van der Waals surface area contributed by atoms with Crippen molar-refractivity contribution in [3.8, 4) is 5.75 Å². The molecule has 0 atom stereocenters. The van der Waals surface area contributed by atoms with E-state index in [1.807, 2.05) is 24.3 Å². The van der Waals surface area contributed by atoms with Gasteiger partial charge in [-0.1, -0.05) is 35.2 Å². The summed E-state index contributed by atoms with van der Waals surface area (Å²) in [6.07, 6.45) is -4.78. The Hall–Kier alpha value is -3.32. The third-order valence-corrected chi connectivity index (χ3v) is 6.48. The number of hydrogen-bond acceptors (Lipinski definition) is 7. The molecule has 0 aliphatic heterocycles. The van der Waals surface area contributed by atoms with Crippen LogP contribution < -0.4 is 14.9 Å². The van der Waals surface area contributed by atoms with Crippen molar-refractivity contribution in [2.75, 3.05) is 11.1 Å². The summed E-state index contributed by atoms with van der Waals surface area (Å²) in [6, 6.07) is 12.3. The maximum absolute atomic E-state index is 12.3. The second-order valence-corrected chi connectivity index (χ2v) is 8.72. The van der Waals surface area contributed by atoms with E-state index < -0.39 is 6.36 Å². The minimum Gasteiger partial charge on any atom is -0.406 e. The molecule has 0 saturated heterocycles. The first kappa shape index (κ1) is 22.9. The molecule has 0 saturated carbocycles. The summed E-state index contributed by atoms with van der Waals surface area (Å²) >= 11 is 2.30. The summed E-state index contributed by atoms with van der Waals surface area (Å²) in [7, 11) is 1.74. The summed E-state index contributed by atoms with van der Waals surface area (Å²) in [5.74, 6) is -0.175. The van der Waals surface area contributed by atoms with Gasteiger partial charge in [-0.15, -0.1) is 23.4 Å². The predicted molar refractivity (Wildman–Crippen MR) is 119 cm³/mol. The van der Waals surface area contributed by atoms with Crippen LogP contribution >= 0.6 is 23.1 Å². The number of amides is 1. The van der Waals surface area contributed by atoms with E-state index >= 15 is 0 Å². The molecule has 172 valence electrons. The lowest BCUT2D eigenvalue weighted by Crippen LogP contribution is -2.17. The number of para-hydroxylation sites is 1. The second kappa shape index (κ2) is 9.27. The van der Waals surface area contributed by atoms with Crippen molar-refractivity contribution in [3.05, 3.63) is 64.0 Å². The number of alkyl halides is 3. The Morgan fingerprint density at radius 1 is 1.15 bits per heavy atom. The van der Waals surface area contributed by atoms with Crippen LogP contribution in [-0.2, 0) is 18.4 Å². The lowest BCUT2D eigenvalue weighted by atomic mass is 10.3. The van der Waals surface area contributed by atoms with E-state index in [1.54, 1.807) is 16.2 Å². The van der Waals surface area contributed by atoms with Crippen LogP contribution in [0.15, 0.2) is 58.5 Å². The normalized spacial score (nSPS) is 11.6. The van der Waals surface area contributed by atoms with Gasteiger partial charge in [-0.05, 0) is 36.4 Å². The molecule has 2 aromatic carbocycles. The Bertz CT molecular complexity index is 1350. The van der Waals surface area contributed by atoms with Crippen molar-refractivity contribution in [3.63, 3.8) is 0 Å². The summed E-state index contributed by atoms with van der Waals surface area (Å²) in [5.41, 5.74) is 1.15. The molecule has 0 aliphatic carbocycles. The van der Waals surface area contributed by atoms with E-state index in [9.17, 15) is 22.8 Å². The average molecular weight is 496 g/mol. The van der Waals surface area contributed by atoms with Gasteiger partial charge in [0.2, 0.25) is 5.91 Å². The van der Waals surface area contributed by atoms with Crippen LogP contribution in [0.5, 0.6) is 5.75 Å². The van der Waals surface area contributed by atoms with Gasteiger partial charge in [-0.2, -0.15) is 0 Å². The van der Waals surface area contributed by atoms with Crippen LogP contribution in [0.4, 0.5) is 18.9 Å². The van der Waals surface area contributed by atoms with Gasteiger partial charge in [0.25, 0.3) is 0 Å². The fourth-order valence-corrected chi connectivity index (χ4v) is 4.60. The van der Waals surface area contributed by atoms with Crippen molar-refractivity contribution in [1.82, 2.24) is 19.3 Å². The number of carbonyl (C=O) groups is 1. The molecule has 4 rings (SSSR count). The third-order valence-electron chi connectivity index (χ3n) is 4.50. The number of rotatable bonds is 7. The number of fused-ring (bicyclic) bond motifs is 1. The number of thioether (sulfide) groups is 1. The van der Waals surface area contributed by atoms with E-state index in [1.165, 1.54) is 12.1 Å². The van der Waals surface area contributed by atoms with Crippen LogP contribution in [0.3, 0.4) is 0 Å². The standard InChI is InChI=1S/C20H16F3N5O3S2/c1-27-16(10-28-14-4-2-3-5-15(14)33-19(28)30)25-26-18(27)32-11-17(29)24-12-6-8-13(9-7-12)31-20(21,22)23/h2-9H,10-11H2,1H3,(H,24,29). The van der Waals surface area contributed by atoms with Crippen LogP contribution in [0.2, 0.25) is 0 Å². The minimum absolute atomic E-state index is 0.00804. The number of thiazole rings is 1. The third kappa shape index (κ3) is 5.54. The van der Waals surface area contributed by atoms with Crippen molar-refractivity contribution < 1.29 is 22.7 Å². The number of hydrogen-bond donors (Lipinski definition) is 1. The van der Waals surface area contributed by atoms with E-state index in [2.05, 4.69) is 20.3 Å². The van der Waals surface area contributed by atoms with Gasteiger partial charge in [-0.3, -0.25) is 14.2 Å². The number of anilines is 1. The number of carbonyl (C=O) groups excluding carboxylic acids is 1. The lowest BCUT2D eigenvalue weighted by molar-refractivity contribution is -0.274. The summed E-state index contributed by atoms with van der Waals surface area (Å²) in [4.78, 5) is 24.5. The van der Waals surface area contributed by atoms with Crippen LogP contribution in [0, 0.1) is 0 Å². The Morgan fingerprint density at radius 2 is 1.88 bits per heavy atom. The van der Waals surface area contributed by atoms with Crippen molar-refractivity contribution in [1.29, 1.82) is 0 Å². The largest absolute Gasteiger partial charge is 0.573 e. The minimum atomic E-state index is -4.78. The molecule has 2 aromatic heterocycles. The number of benzene rings is 2. The molecule has 8 nitrogen and oxygen atoms in total. The second-order valence-electron chi connectivity index (χ2n) is 6.79. The fourth-order valence-electron chi connectivity index (χ4n) is 2.98. The van der Waals surface area contributed by atoms with Gasteiger partial charge in [0.1, 0.15) is 5.75 Å². The Kier molecular flexibility index (Phi) is 6.42. The van der Waals surface area contributed by atoms with Crippen molar-refractivity contribution in [2.24, 2.45) is 7.05 Å². The zero-order valence-electron chi connectivity index (χ0n) is 17.0. The molecule has 4 aromatic rings. The van der Waals surface area contributed by atoms with Gasteiger partial charge in [0.15, 0.2) is 11.0 Å². The summed E-state index contributed by atoms with van der Waals surface area (Å²) < 4.78 is 44.7. The molecule has 33 heavy (non-hydrogen) atoms. The molecule has 2 heterocycles.